The Hall–Kier alpha value is -8.98. The maximum atomic E-state index is 2.48. The Balaban J connectivity index is 0.904. The molecule has 2 aliphatic rings. The van der Waals surface area contributed by atoms with Crippen molar-refractivity contribution in [2.24, 2.45) is 0 Å². The number of hydrogen-bond donors (Lipinski definition) is 0. The van der Waals surface area contributed by atoms with Crippen LogP contribution in [0, 0.1) is 0 Å². The highest BCUT2D eigenvalue weighted by molar-refractivity contribution is 6.10. The fourth-order valence-electron chi connectivity index (χ4n) is 11.8. The first-order chi connectivity index (χ1) is 34.2. The zero-order chi connectivity index (χ0) is 45.5. The van der Waals surface area contributed by atoms with Crippen LogP contribution < -0.4 is 4.90 Å². The molecule has 69 heavy (non-hydrogen) atoms. The number of hydrogen-bond acceptors (Lipinski definition) is 1. The minimum atomic E-state index is -0.438. The number of rotatable bonds is 7. The minimum Gasteiger partial charge on any atom is -0.310 e. The SMILES string of the molecule is c1ccc(-c2ccc(N(c3ccc(-c4ccc5c6ccccc6n(-c6ccc(-c7ccccc7)cc6)c5c4)cc3)c3ccc4c(c3)C3(c5ccccc5-c5ccccc53)c3ccccc3-4)cc2)cc1. The summed E-state index contributed by atoms with van der Waals surface area (Å²) in [5, 5.41) is 2.49. The maximum absolute atomic E-state index is 2.48. The molecule has 12 aromatic rings. The van der Waals surface area contributed by atoms with Crippen LogP contribution in [0.4, 0.5) is 17.1 Å². The molecule has 0 aliphatic heterocycles. The number of nitrogens with zero attached hydrogens (tertiary/aromatic N) is 2. The summed E-state index contributed by atoms with van der Waals surface area (Å²) in [6.45, 7) is 0. The fourth-order valence-corrected chi connectivity index (χ4v) is 11.8. The molecular weight excluding hydrogens is 833 g/mol. The average molecular weight is 877 g/mol. The fraction of sp³-hybridized carbons (Fsp3) is 0.0149. The summed E-state index contributed by atoms with van der Waals surface area (Å²) in [5.41, 5.74) is 24.1. The van der Waals surface area contributed by atoms with E-state index in [1.807, 2.05) is 0 Å². The van der Waals surface area contributed by atoms with E-state index in [2.05, 4.69) is 276 Å². The van der Waals surface area contributed by atoms with E-state index in [4.69, 9.17) is 0 Å². The standard InChI is InChI=1S/C67H44N2/c1-3-15-45(16-4-1)47-27-34-51(35-28-47)68(54-40-42-58-57-21-9-13-25-63(57)67(64(58)44-54)61-23-11-7-19-55(61)56-20-8-12-24-62(56)67)52-36-31-49(32-37-52)50-33-41-60-59-22-10-14-26-65(59)69(66(60)43-50)53-38-29-48(30-39-53)46-17-5-2-6-18-46/h1-44H. The van der Waals surface area contributed by atoms with Crippen molar-refractivity contribution in [3.63, 3.8) is 0 Å². The monoisotopic (exact) mass is 876 g/mol. The van der Waals surface area contributed by atoms with Crippen molar-refractivity contribution in [1.29, 1.82) is 0 Å². The summed E-state index contributed by atoms with van der Waals surface area (Å²) in [6.07, 6.45) is 0. The first-order valence-electron chi connectivity index (χ1n) is 23.9. The molecule has 0 saturated carbocycles. The number of para-hydroxylation sites is 1. The van der Waals surface area contributed by atoms with Gasteiger partial charge >= 0.3 is 0 Å². The maximum Gasteiger partial charge on any atom is 0.0726 e. The first-order valence-corrected chi connectivity index (χ1v) is 23.9. The highest BCUT2D eigenvalue weighted by atomic mass is 15.1. The molecule has 0 radical (unpaired) electrons. The van der Waals surface area contributed by atoms with Gasteiger partial charge in [0.1, 0.15) is 0 Å². The van der Waals surface area contributed by atoms with Gasteiger partial charge < -0.3 is 9.47 Å². The topological polar surface area (TPSA) is 8.17 Å². The molecule has 14 rings (SSSR count). The Morgan fingerprint density at radius 2 is 0.667 bits per heavy atom. The molecule has 11 aromatic carbocycles. The Morgan fingerprint density at radius 3 is 1.23 bits per heavy atom. The third kappa shape index (κ3) is 5.99. The molecule has 0 unspecified atom stereocenters. The highest BCUT2D eigenvalue weighted by Crippen LogP contribution is 2.63. The lowest BCUT2D eigenvalue weighted by Gasteiger charge is -2.32. The van der Waals surface area contributed by atoms with Crippen LogP contribution in [-0.4, -0.2) is 4.57 Å². The van der Waals surface area contributed by atoms with Gasteiger partial charge in [0.05, 0.1) is 16.4 Å². The molecule has 2 heteroatoms. The molecule has 2 aliphatic carbocycles. The number of aromatic nitrogens is 1. The van der Waals surface area contributed by atoms with Gasteiger partial charge in [0.15, 0.2) is 0 Å². The van der Waals surface area contributed by atoms with E-state index in [1.165, 1.54) is 99.7 Å². The van der Waals surface area contributed by atoms with Crippen molar-refractivity contribution in [3.05, 3.63) is 289 Å². The number of benzene rings is 11. The molecule has 2 nitrogen and oxygen atoms in total. The van der Waals surface area contributed by atoms with Crippen LogP contribution in [0.5, 0.6) is 0 Å². The van der Waals surface area contributed by atoms with Crippen LogP contribution in [0.15, 0.2) is 267 Å². The van der Waals surface area contributed by atoms with Crippen molar-refractivity contribution in [3.8, 4) is 61.3 Å². The predicted octanol–water partition coefficient (Wildman–Crippen LogP) is 17.6. The molecule has 0 fully saturated rings. The average Bonchev–Trinajstić information content (AvgIpc) is 4.03. The molecule has 1 spiro atoms. The third-order valence-electron chi connectivity index (χ3n) is 14.8. The van der Waals surface area contributed by atoms with Crippen molar-refractivity contribution in [2.75, 3.05) is 4.90 Å². The van der Waals surface area contributed by atoms with Gasteiger partial charge in [-0.15, -0.1) is 0 Å². The zero-order valence-corrected chi connectivity index (χ0v) is 37.8. The van der Waals surface area contributed by atoms with Gasteiger partial charge in [-0.2, -0.15) is 0 Å². The molecule has 0 amide bonds. The predicted molar refractivity (Wildman–Crippen MR) is 288 cm³/mol. The normalized spacial score (nSPS) is 12.8. The van der Waals surface area contributed by atoms with Gasteiger partial charge in [-0.3, -0.25) is 0 Å². The van der Waals surface area contributed by atoms with Gasteiger partial charge in [-0.1, -0.05) is 206 Å². The Labute approximate surface area is 402 Å². The largest absolute Gasteiger partial charge is 0.310 e. The molecule has 322 valence electrons. The Bertz CT molecular complexity index is 3860. The second-order valence-corrected chi connectivity index (χ2v) is 18.4. The van der Waals surface area contributed by atoms with Crippen LogP contribution >= 0.6 is 0 Å². The highest BCUT2D eigenvalue weighted by Gasteiger charge is 2.51. The quantitative estimate of drug-likeness (QED) is 0.155. The van der Waals surface area contributed by atoms with Crippen LogP contribution in [0.1, 0.15) is 22.3 Å². The summed E-state index contributed by atoms with van der Waals surface area (Å²) in [4.78, 5) is 2.43. The van der Waals surface area contributed by atoms with Crippen molar-refractivity contribution < 1.29 is 0 Å². The molecule has 0 atom stereocenters. The number of fused-ring (bicyclic) bond motifs is 13. The van der Waals surface area contributed by atoms with Crippen LogP contribution in [0.2, 0.25) is 0 Å². The van der Waals surface area contributed by atoms with E-state index in [-0.39, 0.29) is 0 Å². The van der Waals surface area contributed by atoms with Crippen molar-refractivity contribution in [1.82, 2.24) is 4.57 Å². The van der Waals surface area contributed by atoms with Gasteiger partial charge in [0.2, 0.25) is 0 Å². The van der Waals surface area contributed by atoms with Crippen LogP contribution in [0.25, 0.3) is 83.1 Å². The third-order valence-corrected chi connectivity index (χ3v) is 14.8. The minimum absolute atomic E-state index is 0.438. The summed E-state index contributed by atoms with van der Waals surface area (Å²) in [7, 11) is 0. The second kappa shape index (κ2) is 15.6. The van der Waals surface area contributed by atoms with E-state index in [0.29, 0.717) is 0 Å². The van der Waals surface area contributed by atoms with Crippen LogP contribution in [-0.2, 0) is 5.41 Å². The lowest BCUT2D eigenvalue weighted by Crippen LogP contribution is -2.26. The smallest absolute Gasteiger partial charge is 0.0726 e. The Kier molecular flexibility index (Phi) is 8.84. The number of anilines is 3. The first kappa shape index (κ1) is 39.2. The lowest BCUT2D eigenvalue weighted by molar-refractivity contribution is 0.793. The summed E-state index contributed by atoms with van der Waals surface area (Å²) in [6, 6.07) is 98.4. The molecule has 0 saturated heterocycles. The van der Waals surface area contributed by atoms with Gasteiger partial charge in [-0.25, -0.2) is 0 Å². The molecule has 1 heterocycles. The Morgan fingerprint density at radius 1 is 0.261 bits per heavy atom. The van der Waals surface area contributed by atoms with E-state index in [9.17, 15) is 0 Å². The van der Waals surface area contributed by atoms with Crippen molar-refractivity contribution in [2.45, 2.75) is 5.41 Å². The lowest BCUT2D eigenvalue weighted by atomic mass is 9.70. The van der Waals surface area contributed by atoms with E-state index in [0.717, 1.165) is 22.7 Å². The zero-order valence-electron chi connectivity index (χ0n) is 37.8. The second-order valence-electron chi connectivity index (χ2n) is 18.4. The molecular formula is C67H44N2. The van der Waals surface area contributed by atoms with E-state index in [1.54, 1.807) is 0 Å². The molecule has 1 aromatic heterocycles. The summed E-state index contributed by atoms with van der Waals surface area (Å²) in [5.74, 6) is 0. The van der Waals surface area contributed by atoms with Gasteiger partial charge in [0.25, 0.3) is 0 Å². The van der Waals surface area contributed by atoms with E-state index >= 15 is 0 Å². The van der Waals surface area contributed by atoms with E-state index < -0.39 is 5.41 Å². The summed E-state index contributed by atoms with van der Waals surface area (Å²) >= 11 is 0. The van der Waals surface area contributed by atoms with Gasteiger partial charge in [-0.05, 0) is 139 Å². The van der Waals surface area contributed by atoms with Crippen LogP contribution in [0.3, 0.4) is 0 Å². The van der Waals surface area contributed by atoms with Gasteiger partial charge in [0, 0.05) is 33.5 Å². The molecule has 0 N–H and O–H groups in total. The van der Waals surface area contributed by atoms with Crippen molar-refractivity contribution >= 4 is 38.9 Å². The summed E-state index contributed by atoms with van der Waals surface area (Å²) < 4.78 is 2.41. The molecule has 0 bridgehead atoms.